The number of rotatable bonds is 5. The Balaban J connectivity index is 1.47. The van der Waals surface area contributed by atoms with Gasteiger partial charge in [-0.15, -0.1) is 11.8 Å². The Hall–Kier alpha value is -1.98. The molecule has 2 heterocycles. The van der Waals surface area contributed by atoms with Crippen molar-refractivity contribution in [1.29, 1.82) is 0 Å². The van der Waals surface area contributed by atoms with Gasteiger partial charge in [0.05, 0.1) is 24.3 Å². The molecule has 2 aliphatic heterocycles. The smallest absolute Gasteiger partial charge is 0.252 e. The van der Waals surface area contributed by atoms with Crippen LogP contribution in [0.25, 0.3) is 0 Å². The van der Waals surface area contributed by atoms with E-state index < -0.39 is 0 Å². The summed E-state index contributed by atoms with van der Waals surface area (Å²) in [5, 5.41) is 3.20. The second-order valence-corrected chi connectivity index (χ2v) is 7.71. The van der Waals surface area contributed by atoms with Crippen molar-refractivity contribution in [2.75, 3.05) is 19.0 Å². The third kappa shape index (κ3) is 3.89. The minimum absolute atomic E-state index is 0.0105. The number of carbonyl (C=O) groups excluding carboxylic acids is 1. The van der Waals surface area contributed by atoms with Crippen LogP contribution in [0.15, 0.2) is 53.4 Å². The highest BCUT2D eigenvalue weighted by atomic mass is 32.2. The van der Waals surface area contributed by atoms with E-state index in [0.29, 0.717) is 12.7 Å². The van der Waals surface area contributed by atoms with Crippen LogP contribution in [0.1, 0.15) is 41.2 Å². The summed E-state index contributed by atoms with van der Waals surface area (Å²) in [4.78, 5) is 14.0. The minimum Gasteiger partial charge on any atom is -0.493 e. The summed E-state index contributed by atoms with van der Waals surface area (Å²) < 4.78 is 11.4. The zero-order valence-corrected chi connectivity index (χ0v) is 15.5. The lowest BCUT2D eigenvalue weighted by Gasteiger charge is -2.27. The molecular weight excluding hydrogens is 346 g/mol. The average Bonchev–Trinajstić information content (AvgIpc) is 3.20. The number of fused-ring (bicyclic) bond motifs is 1. The molecule has 0 aromatic heterocycles. The summed E-state index contributed by atoms with van der Waals surface area (Å²) in [7, 11) is 0. The molecule has 0 unspecified atom stereocenters. The fourth-order valence-corrected chi connectivity index (χ4v) is 4.59. The molecule has 1 saturated heterocycles. The number of ether oxygens (including phenoxy) is 2. The topological polar surface area (TPSA) is 47.6 Å². The number of amides is 1. The number of carbonyl (C=O) groups is 1. The quantitative estimate of drug-likeness (QED) is 0.802. The first-order chi connectivity index (χ1) is 12.8. The third-order valence-electron chi connectivity index (χ3n) is 4.84. The van der Waals surface area contributed by atoms with Crippen LogP contribution in [0, 0.1) is 0 Å². The van der Waals surface area contributed by atoms with Crippen molar-refractivity contribution >= 4 is 17.7 Å². The van der Waals surface area contributed by atoms with Crippen LogP contribution < -0.4 is 10.1 Å². The van der Waals surface area contributed by atoms with E-state index in [1.54, 1.807) is 11.8 Å². The zero-order chi connectivity index (χ0) is 17.8. The molecule has 136 valence electrons. The molecular formula is C21H23NO3S. The van der Waals surface area contributed by atoms with E-state index in [4.69, 9.17) is 9.47 Å². The number of para-hydroxylation sites is 1. The Labute approximate surface area is 158 Å². The van der Waals surface area contributed by atoms with Crippen LogP contribution >= 0.6 is 11.8 Å². The van der Waals surface area contributed by atoms with Gasteiger partial charge >= 0.3 is 0 Å². The monoisotopic (exact) mass is 369 g/mol. The second-order valence-electron chi connectivity index (χ2n) is 6.64. The van der Waals surface area contributed by atoms with E-state index in [9.17, 15) is 4.79 Å². The van der Waals surface area contributed by atoms with Gasteiger partial charge in [-0.2, -0.15) is 0 Å². The molecule has 0 saturated carbocycles. The lowest BCUT2D eigenvalue weighted by Crippen LogP contribution is -2.32. The molecule has 4 nitrogen and oxygen atoms in total. The van der Waals surface area contributed by atoms with Crippen LogP contribution in [0.3, 0.4) is 0 Å². The third-order valence-corrected chi connectivity index (χ3v) is 6.05. The second kappa shape index (κ2) is 8.14. The van der Waals surface area contributed by atoms with Gasteiger partial charge in [0.1, 0.15) is 5.75 Å². The van der Waals surface area contributed by atoms with Crippen molar-refractivity contribution in [3.63, 3.8) is 0 Å². The number of hydrogen-bond acceptors (Lipinski definition) is 4. The lowest BCUT2D eigenvalue weighted by atomic mass is 10.00. The number of thioether (sulfide) groups is 1. The Kier molecular flexibility index (Phi) is 5.46. The number of hydrogen-bond donors (Lipinski definition) is 1. The molecule has 4 rings (SSSR count). The summed E-state index contributed by atoms with van der Waals surface area (Å²) >= 11 is 1.71. The van der Waals surface area contributed by atoms with Crippen molar-refractivity contribution in [1.82, 2.24) is 5.32 Å². The molecule has 1 N–H and O–H groups in total. The van der Waals surface area contributed by atoms with Gasteiger partial charge in [-0.3, -0.25) is 4.79 Å². The first-order valence-corrected chi connectivity index (χ1v) is 10.2. The Morgan fingerprint density at radius 1 is 1.08 bits per heavy atom. The molecule has 0 spiro atoms. The molecule has 2 atom stereocenters. The fraction of sp³-hybridized carbons (Fsp3) is 0.381. The summed E-state index contributed by atoms with van der Waals surface area (Å²) in [5.74, 6) is 1.73. The number of nitrogens with one attached hydrogen (secondary N) is 1. The molecule has 26 heavy (non-hydrogen) atoms. The lowest BCUT2D eigenvalue weighted by molar-refractivity contribution is 0.0921. The maximum atomic E-state index is 12.9. The van der Waals surface area contributed by atoms with Crippen molar-refractivity contribution in [3.8, 4) is 5.75 Å². The summed E-state index contributed by atoms with van der Waals surface area (Å²) in [6, 6.07) is 15.7. The molecule has 2 aromatic rings. The van der Waals surface area contributed by atoms with Crippen molar-refractivity contribution in [2.24, 2.45) is 0 Å². The highest BCUT2D eigenvalue weighted by Gasteiger charge is 2.24. The van der Waals surface area contributed by atoms with Gasteiger partial charge in [0.2, 0.25) is 0 Å². The summed E-state index contributed by atoms with van der Waals surface area (Å²) in [5.41, 5.74) is 1.79. The Morgan fingerprint density at radius 2 is 1.92 bits per heavy atom. The highest BCUT2D eigenvalue weighted by molar-refractivity contribution is 7.99. The van der Waals surface area contributed by atoms with E-state index in [2.05, 4.69) is 5.32 Å². The maximum absolute atomic E-state index is 12.9. The van der Waals surface area contributed by atoms with Gasteiger partial charge in [-0.25, -0.2) is 0 Å². The molecule has 0 aliphatic carbocycles. The van der Waals surface area contributed by atoms with Gasteiger partial charge in [-0.05, 0) is 31.0 Å². The van der Waals surface area contributed by atoms with Crippen molar-refractivity contribution in [2.45, 2.75) is 36.3 Å². The molecule has 0 bridgehead atoms. The van der Waals surface area contributed by atoms with Gasteiger partial charge in [-0.1, -0.05) is 30.3 Å². The maximum Gasteiger partial charge on any atom is 0.252 e. The molecule has 2 aliphatic rings. The SMILES string of the molecule is O=C(N[C@H]1CCOc2ccccc21)c1ccccc1SC[C@@H]1CCCO1. The standard InChI is InChI=1S/C21H23NO3S/c23-21(22-18-11-13-25-19-9-3-1-7-16(18)19)17-8-2-4-10-20(17)26-14-15-6-5-12-24-15/h1-4,7-10,15,18H,5-6,11-14H2,(H,22,23)/t15-,18-/m0/s1. The van der Waals surface area contributed by atoms with Crippen LogP contribution in [0.2, 0.25) is 0 Å². The zero-order valence-electron chi connectivity index (χ0n) is 14.6. The van der Waals surface area contributed by atoms with Crippen LogP contribution in [-0.2, 0) is 4.74 Å². The van der Waals surface area contributed by atoms with Crippen LogP contribution in [0.4, 0.5) is 0 Å². The summed E-state index contributed by atoms with van der Waals surface area (Å²) in [6.07, 6.45) is 3.34. The van der Waals surface area contributed by atoms with Gasteiger partial charge < -0.3 is 14.8 Å². The average molecular weight is 369 g/mol. The van der Waals surface area contributed by atoms with E-state index >= 15 is 0 Å². The van der Waals surface area contributed by atoms with Crippen LogP contribution in [0.5, 0.6) is 5.75 Å². The fourth-order valence-electron chi connectivity index (χ4n) is 3.47. The predicted octanol–water partition coefficient (Wildman–Crippen LogP) is 4.21. The predicted molar refractivity (Wildman–Crippen MR) is 103 cm³/mol. The first kappa shape index (κ1) is 17.4. The van der Waals surface area contributed by atoms with Gasteiger partial charge in [0.15, 0.2) is 0 Å². The minimum atomic E-state index is -0.0258. The van der Waals surface area contributed by atoms with Crippen molar-refractivity contribution < 1.29 is 14.3 Å². The Bertz CT molecular complexity index is 773. The van der Waals surface area contributed by atoms with E-state index in [1.165, 1.54) is 0 Å². The van der Waals surface area contributed by atoms with Crippen molar-refractivity contribution in [3.05, 3.63) is 59.7 Å². The van der Waals surface area contributed by atoms with E-state index in [1.807, 2.05) is 48.5 Å². The highest BCUT2D eigenvalue weighted by Crippen LogP contribution is 2.32. The first-order valence-electron chi connectivity index (χ1n) is 9.17. The molecule has 1 fully saturated rings. The molecule has 5 heteroatoms. The largest absolute Gasteiger partial charge is 0.493 e. The molecule has 1 amide bonds. The van der Waals surface area contributed by atoms with Gasteiger partial charge in [0.25, 0.3) is 5.91 Å². The summed E-state index contributed by atoms with van der Waals surface area (Å²) in [6.45, 7) is 1.48. The van der Waals surface area contributed by atoms with E-state index in [0.717, 1.165) is 53.4 Å². The Morgan fingerprint density at radius 3 is 2.81 bits per heavy atom. The molecule has 0 radical (unpaired) electrons. The van der Waals surface area contributed by atoms with Gasteiger partial charge in [0, 0.05) is 29.2 Å². The number of benzene rings is 2. The normalized spacial score (nSPS) is 21.7. The van der Waals surface area contributed by atoms with Crippen LogP contribution in [-0.4, -0.2) is 31.0 Å². The molecule has 2 aromatic carbocycles. The van der Waals surface area contributed by atoms with E-state index in [-0.39, 0.29) is 11.9 Å².